The van der Waals surface area contributed by atoms with Crippen LogP contribution in [0, 0.1) is 0 Å². The molecule has 6 nitrogen and oxygen atoms in total. The third-order valence-corrected chi connectivity index (χ3v) is 3.33. The molecule has 2 N–H and O–H groups in total. The van der Waals surface area contributed by atoms with E-state index in [1.54, 1.807) is 12.1 Å². The van der Waals surface area contributed by atoms with Gasteiger partial charge in [0.25, 0.3) is 0 Å². The van der Waals surface area contributed by atoms with Gasteiger partial charge in [-0.25, -0.2) is 0 Å². The highest BCUT2D eigenvalue weighted by Gasteiger charge is 2.24. The van der Waals surface area contributed by atoms with Gasteiger partial charge >= 0.3 is 0 Å². The molecule has 2 heterocycles. The number of rotatable bonds is 3. The van der Waals surface area contributed by atoms with Crippen molar-refractivity contribution in [3.8, 4) is 11.4 Å². The van der Waals surface area contributed by atoms with Gasteiger partial charge in [-0.3, -0.25) is 4.79 Å². The topological polar surface area (TPSA) is 80.0 Å². The fourth-order valence-electron chi connectivity index (χ4n) is 2.04. The molecule has 7 heteroatoms. The van der Waals surface area contributed by atoms with E-state index in [9.17, 15) is 4.79 Å². The molecule has 0 radical (unpaired) electrons. The predicted molar refractivity (Wildman–Crippen MR) is 73.2 cm³/mol. The lowest BCUT2D eigenvalue weighted by atomic mass is 10.1. The standard InChI is InChI=1S/C13H13ClN4O2/c14-9-3-1-8(2-4-9)12-17-11(20-18-12)7-10-13(19)16-6-5-15-10/h1-4,10,15H,5-7H2,(H,16,19). The third kappa shape index (κ3) is 2.81. The monoisotopic (exact) mass is 292 g/mol. The van der Waals surface area contributed by atoms with Crippen molar-refractivity contribution >= 4 is 17.5 Å². The lowest BCUT2D eigenvalue weighted by Crippen LogP contribution is -2.53. The number of nitrogens with zero attached hydrogens (tertiary/aromatic N) is 2. The number of aromatic nitrogens is 2. The summed E-state index contributed by atoms with van der Waals surface area (Å²) in [6.45, 7) is 1.39. The first kappa shape index (κ1) is 13.1. The molecule has 1 atom stereocenters. The molecule has 0 aliphatic carbocycles. The second kappa shape index (κ2) is 5.60. The summed E-state index contributed by atoms with van der Waals surface area (Å²) in [5.74, 6) is 0.889. The number of hydrogen-bond acceptors (Lipinski definition) is 5. The number of amides is 1. The van der Waals surface area contributed by atoms with Gasteiger partial charge in [0.1, 0.15) is 0 Å². The Morgan fingerprint density at radius 2 is 2.10 bits per heavy atom. The van der Waals surface area contributed by atoms with Crippen LogP contribution in [0.5, 0.6) is 0 Å². The van der Waals surface area contributed by atoms with Crippen LogP contribution >= 0.6 is 11.6 Å². The van der Waals surface area contributed by atoms with Gasteiger partial charge in [0, 0.05) is 23.7 Å². The minimum absolute atomic E-state index is 0.0394. The number of hydrogen-bond donors (Lipinski definition) is 2. The van der Waals surface area contributed by atoms with Crippen LogP contribution < -0.4 is 10.6 Å². The van der Waals surface area contributed by atoms with Crippen LogP contribution in [0.1, 0.15) is 5.89 Å². The van der Waals surface area contributed by atoms with Gasteiger partial charge in [0.05, 0.1) is 12.5 Å². The first-order chi connectivity index (χ1) is 9.72. The van der Waals surface area contributed by atoms with E-state index in [2.05, 4.69) is 20.8 Å². The predicted octanol–water partition coefficient (Wildman–Crippen LogP) is 1.02. The van der Waals surface area contributed by atoms with Crippen molar-refractivity contribution in [2.24, 2.45) is 0 Å². The van der Waals surface area contributed by atoms with Crippen molar-refractivity contribution in [3.63, 3.8) is 0 Å². The zero-order chi connectivity index (χ0) is 13.9. The fourth-order valence-corrected chi connectivity index (χ4v) is 2.17. The number of nitrogens with one attached hydrogen (secondary N) is 2. The summed E-state index contributed by atoms with van der Waals surface area (Å²) in [5.41, 5.74) is 0.824. The molecule has 1 aromatic carbocycles. The molecule has 0 saturated carbocycles. The van der Waals surface area contributed by atoms with Gasteiger partial charge in [-0.05, 0) is 24.3 Å². The lowest BCUT2D eigenvalue weighted by Gasteiger charge is -2.21. The van der Waals surface area contributed by atoms with E-state index in [4.69, 9.17) is 16.1 Å². The molecule has 20 heavy (non-hydrogen) atoms. The van der Waals surface area contributed by atoms with Crippen LogP contribution in [0.2, 0.25) is 5.02 Å². The second-order valence-electron chi connectivity index (χ2n) is 4.52. The minimum Gasteiger partial charge on any atom is -0.353 e. The highest BCUT2D eigenvalue weighted by Crippen LogP contribution is 2.19. The van der Waals surface area contributed by atoms with Gasteiger partial charge < -0.3 is 15.2 Å². The van der Waals surface area contributed by atoms with Crippen LogP contribution in [0.4, 0.5) is 0 Å². The van der Waals surface area contributed by atoms with Crippen molar-refractivity contribution in [2.45, 2.75) is 12.5 Å². The van der Waals surface area contributed by atoms with Gasteiger partial charge in [0.15, 0.2) is 0 Å². The molecule has 1 saturated heterocycles. The maximum Gasteiger partial charge on any atom is 0.237 e. The molecular weight excluding hydrogens is 280 g/mol. The van der Waals surface area contributed by atoms with E-state index >= 15 is 0 Å². The number of carbonyl (C=O) groups excluding carboxylic acids is 1. The Morgan fingerprint density at radius 1 is 1.30 bits per heavy atom. The number of benzene rings is 1. The Morgan fingerprint density at radius 3 is 2.85 bits per heavy atom. The first-order valence-electron chi connectivity index (χ1n) is 6.32. The molecule has 2 aromatic rings. The van der Waals surface area contributed by atoms with E-state index in [0.29, 0.717) is 29.7 Å². The second-order valence-corrected chi connectivity index (χ2v) is 4.96. The van der Waals surface area contributed by atoms with E-state index in [1.165, 1.54) is 0 Å². The Bertz CT molecular complexity index is 611. The van der Waals surface area contributed by atoms with Crippen molar-refractivity contribution in [1.82, 2.24) is 20.8 Å². The average Bonchev–Trinajstić information content (AvgIpc) is 2.91. The van der Waals surface area contributed by atoms with E-state index < -0.39 is 0 Å². The average molecular weight is 293 g/mol. The third-order valence-electron chi connectivity index (χ3n) is 3.08. The Hall–Kier alpha value is -1.92. The smallest absolute Gasteiger partial charge is 0.237 e. The summed E-state index contributed by atoms with van der Waals surface area (Å²) in [4.78, 5) is 15.9. The maximum atomic E-state index is 11.6. The molecular formula is C13H13ClN4O2. The molecule has 3 rings (SSSR count). The Kier molecular flexibility index (Phi) is 3.66. The fraction of sp³-hybridized carbons (Fsp3) is 0.308. The van der Waals surface area contributed by atoms with Crippen molar-refractivity contribution in [2.75, 3.05) is 13.1 Å². The summed E-state index contributed by atoms with van der Waals surface area (Å²) >= 11 is 5.83. The summed E-state index contributed by atoms with van der Waals surface area (Å²) < 4.78 is 5.19. The minimum atomic E-state index is -0.317. The van der Waals surface area contributed by atoms with Crippen LogP contribution in [-0.4, -0.2) is 35.2 Å². The Labute approximate surface area is 120 Å². The number of piperazine rings is 1. The summed E-state index contributed by atoms with van der Waals surface area (Å²) in [6, 6.07) is 6.86. The van der Waals surface area contributed by atoms with Crippen molar-refractivity contribution in [3.05, 3.63) is 35.2 Å². The van der Waals surface area contributed by atoms with E-state index in [-0.39, 0.29) is 11.9 Å². The summed E-state index contributed by atoms with van der Waals surface area (Å²) in [7, 11) is 0. The number of halogens is 1. The van der Waals surface area contributed by atoms with Crippen molar-refractivity contribution in [1.29, 1.82) is 0 Å². The molecule has 1 amide bonds. The van der Waals surface area contributed by atoms with Gasteiger partial charge in [0.2, 0.25) is 17.6 Å². The molecule has 1 fully saturated rings. The summed E-state index contributed by atoms with van der Waals surface area (Å²) in [6.07, 6.45) is 0.381. The van der Waals surface area contributed by atoms with Crippen LogP contribution in [0.3, 0.4) is 0 Å². The molecule has 1 aromatic heterocycles. The van der Waals surface area contributed by atoms with Crippen molar-refractivity contribution < 1.29 is 9.32 Å². The van der Waals surface area contributed by atoms with E-state index in [0.717, 1.165) is 12.1 Å². The SMILES string of the molecule is O=C1NCCNC1Cc1nc(-c2ccc(Cl)cc2)no1. The zero-order valence-corrected chi connectivity index (χ0v) is 11.4. The van der Waals surface area contributed by atoms with Gasteiger partial charge in [-0.15, -0.1) is 0 Å². The highest BCUT2D eigenvalue weighted by atomic mass is 35.5. The number of carbonyl (C=O) groups is 1. The summed E-state index contributed by atoms with van der Waals surface area (Å²) in [5, 5.41) is 10.5. The maximum absolute atomic E-state index is 11.6. The molecule has 1 aliphatic heterocycles. The molecule has 0 bridgehead atoms. The molecule has 104 valence electrons. The molecule has 0 spiro atoms. The van der Waals surface area contributed by atoms with Crippen LogP contribution in [0.15, 0.2) is 28.8 Å². The molecule has 1 aliphatic rings. The largest absolute Gasteiger partial charge is 0.353 e. The lowest BCUT2D eigenvalue weighted by molar-refractivity contribution is -0.124. The van der Waals surface area contributed by atoms with Gasteiger partial charge in [-0.2, -0.15) is 4.98 Å². The Balaban J connectivity index is 1.73. The van der Waals surface area contributed by atoms with Crippen LogP contribution in [0.25, 0.3) is 11.4 Å². The highest BCUT2D eigenvalue weighted by molar-refractivity contribution is 6.30. The van der Waals surface area contributed by atoms with Gasteiger partial charge in [-0.1, -0.05) is 16.8 Å². The first-order valence-corrected chi connectivity index (χ1v) is 6.70. The zero-order valence-electron chi connectivity index (χ0n) is 10.6. The van der Waals surface area contributed by atoms with E-state index in [1.807, 2.05) is 12.1 Å². The van der Waals surface area contributed by atoms with Crippen LogP contribution in [-0.2, 0) is 11.2 Å². The normalized spacial score (nSPS) is 18.9. The quantitative estimate of drug-likeness (QED) is 0.883. The molecule has 1 unspecified atom stereocenters.